The first kappa shape index (κ1) is 20.7. The molecule has 0 radical (unpaired) electrons. The molecule has 1 aliphatic carbocycles. The molecular weight excluding hydrogens is 399 g/mol. The van der Waals surface area contributed by atoms with Crippen molar-refractivity contribution in [3.8, 4) is 5.69 Å². The maximum Gasteiger partial charge on any atom is 0.123 e. The van der Waals surface area contributed by atoms with Gasteiger partial charge in [-0.1, -0.05) is 48.9 Å². The molecular formula is C28H27FN2O. The van der Waals surface area contributed by atoms with Crippen LogP contribution in [0.1, 0.15) is 48.8 Å². The lowest BCUT2D eigenvalue weighted by Crippen LogP contribution is -2.27. The Kier molecular flexibility index (Phi) is 4.98. The topological polar surface area (TPSA) is 38.0 Å². The first-order chi connectivity index (χ1) is 15.4. The van der Waals surface area contributed by atoms with Gasteiger partial charge in [0, 0.05) is 0 Å². The highest BCUT2D eigenvalue weighted by atomic mass is 19.1. The van der Waals surface area contributed by atoms with Crippen molar-refractivity contribution in [3.63, 3.8) is 0 Å². The van der Waals surface area contributed by atoms with Gasteiger partial charge in [-0.15, -0.1) is 0 Å². The van der Waals surface area contributed by atoms with Gasteiger partial charge in [-0.05, 0) is 89.9 Å². The van der Waals surface area contributed by atoms with Crippen molar-refractivity contribution in [3.05, 3.63) is 101 Å². The molecule has 1 aliphatic rings. The Labute approximate surface area is 187 Å². The fraction of sp³-hybridized carbons (Fsp3) is 0.250. The second-order valence-electron chi connectivity index (χ2n) is 9.25. The minimum atomic E-state index is -0.567. The molecule has 3 nitrogen and oxygen atoms in total. The van der Waals surface area contributed by atoms with Crippen LogP contribution in [0.5, 0.6) is 0 Å². The summed E-state index contributed by atoms with van der Waals surface area (Å²) in [5.41, 5.74) is 6.17. The van der Waals surface area contributed by atoms with Crippen LogP contribution in [-0.4, -0.2) is 14.9 Å². The lowest BCUT2D eigenvalue weighted by molar-refractivity contribution is 0.122. The first-order valence-electron chi connectivity index (χ1n) is 11.0. The molecule has 0 bridgehead atoms. The summed E-state index contributed by atoms with van der Waals surface area (Å²) in [6.45, 7) is 6.43. The van der Waals surface area contributed by atoms with E-state index >= 15 is 0 Å². The number of allylic oxidation sites excluding steroid dienone is 1. The molecule has 4 aromatic rings. The molecule has 2 unspecified atom stereocenters. The second kappa shape index (κ2) is 7.72. The van der Waals surface area contributed by atoms with Crippen LogP contribution in [0.25, 0.3) is 22.5 Å². The Bertz CT molecular complexity index is 1340. The zero-order chi connectivity index (χ0) is 22.5. The zero-order valence-corrected chi connectivity index (χ0v) is 18.6. The smallest absolute Gasteiger partial charge is 0.123 e. The summed E-state index contributed by atoms with van der Waals surface area (Å²) in [7, 11) is 0. The Morgan fingerprint density at radius 2 is 1.81 bits per heavy atom. The van der Waals surface area contributed by atoms with Gasteiger partial charge in [-0.3, -0.25) is 0 Å². The van der Waals surface area contributed by atoms with Crippen LogP contribution < -0.4 is 0 Å². The monoisotopic (exact) mass is 426 g/mol. The van der Waals surface area contributed by atoms with Crippen molar-refractivity contribution < 1.29 is 9.50 Å². The number of fused-ring (bicyclic) bond motifs is 2. The predicted molar refractivity (Wildman–Crippen MR) is 127 cm³/mol. The molecule has 4 heteroatoms. The predicted octanol–water partition coefficient (Wildman–Crippen LogP) is 6.56. The number of halogens is 1. The third-order valence-electron chi connectivity index (χ3n) is 7.01. The number of aliphatic hydroxyl groups is 1. The minimum Gasteiger partial charge on any atom is -0.388 e. The normalized spacial score (nSPS) is 19.0. The molecule has 0 amide bonds. The highest BCUT2D eigenvalue weighted by Crippen LogP contribution is 2.45. The van der Waals surface area contributed by atoms with Crippen LogP contribution in [0.2, 0.25) is 0 Å². The first-order valence-corrected chi connectivity index (χ1v) is 11.0. The van der Waals surface area contributed by atoms with Crippen molar-refractivity contribution in [2.45, 2.75) is 39.7 Å². The molecule has 1 N–H and O–H groups in total. The third kappa shape index (κ3) is 3.45. The molecule has 0 saturated heterocycles. The maximum atomic E-state index is 13.4. The van der Waals surface area contributed by atoms with Crippen LogP contribution in [-0.2, 0) is 6.42 Å². The fourth-order valence-electron chi connectivity index (χ4n) is 5.02. The highest BCUT2D eigenvalue weighted by molar-refractivity contribution is 5.87. The number of hydrogen-bond acceptors (Lipinski definition) is 2. The van der Waals surface area contributed by atoms with E-state index < -0.39 is 6.10 Å². The molecule has 0 spiro atoms. The summed E-state index contributed by atoms with van der Waals surface area (Å²) in [6.07, 6.45) is 4.92. The molecule has 32 heavy (non-hydrogen) atoms. The summed E-state index contributed by atoms with van der Waals surface area (Å²) in [6, 6.07) is 18.9. The van der Waals surface area contributed by atoms with Crippen molar-refractivity contribution in [1.82, 2.24) is 9.78 Å². The van der Waals surface area contributed by atoms with Gasteiger partial charge in [-0.25, -0.2) is 9.07 Å². The lowest BCUT2D eigenvalue weighted by atomic mass is 9.69. The van der Waals surface area contributed by atoms with Crippen molar-refractivity contribution >= 4 is 16.8 Å². The zero-order valence-electron chi connectivity index (χ0n) is 18.6. The summed E-state index contributed by atoms with van der Waals surface area (Å²) in [5, 5.41) is 18.3. The van der Waals surface area contributed by atoms with Gasteiger partial charge >= 0.3 is 0 Å². The SMILES string of the molecule is CC1=Cc2c(cnn2-c2ccc(F)cc2)CC1(C)CC(O)c1c(C)ccc2ccccc12. The van der Waals surface area contributed by atoms with Gasteiger partial charge in [0.1, 0.15) is 5.82 Å². The van der Waals surface area contributed by atoms with E-state index in [-0.39, 0.29) is 11.2 Å². The van der Waals surface area contributed by atoms with E-state index in [1.807, 2.05) is 23.0 Å². The van der Waals surface area contributed by atoms with Gasteiger partial charge in [0.15, 0.2) is 0 Å². The van der Waals surface area contributed by atoms with E-state index in [2.05, 4.69) is 56.2 Å². The molecule has 5 rings (SSSR count). The van der Waals surface area contributed by atoms with Crippen LogP contribution >= 0.6 is 0 Å². The highest BCUT2D eigenvalue weighted by Gasteiger charge is 2.35. The van der Waals surface area contributed by atoms with E-state index in [1.165, 1.54) is 17.7 Å². The van der Waals surface area contributed by atoms with Gasteiger partial charge in [0.25, 0.3) is 0 Å². The summed E-state index contributed by atoms with van der Waals surface area (Å²) >= 11 is 0. The van der Waals surface area contributed by atoms with Gasteiger partial charge < -0.3 is 5.11 Å². The van der Waals surface area contributed by atoms with Crippen molar-refractivity contribution in [2.24, 2.45) is 5.41 Å². The molecule has 0 aliphatic heterocycles. The largest absolute Gasteiger partial charge is 0.388 e. The number of aryl methyl sites for hydroxylation is 1. The van der Waals surface area contributed by atoms with Crippen LogP contribution in [0.15, 0.2) is 72.4 Å². The van der Waals surface area contributed by atoms with Crippen LogP contribution in [0.3, 0.4) is 0 Å². The number of nitrogens with zero attached hydrogens (tertiary/aromatic N) is 2. The van der Waals surface area contributed by atoms with Crippen LogP contribution in [0.4, 0.5) is 4.39 Å². The summed E-state index contributed by atoms with van der Waals surface area (Å²) in [4.78, 5) is 0. The molecule has 1 aromatic heterocycles. The summed E-state index contributed by atoms with van der Waals surface area (Å²) in [5.74, 6) is -0.258. The summed E-state index contributed by atoms with van der Waals surface area (Å²) < 4.78 is 15.2. The molecule has 1 heterocycles. The average molecular weight is 427 g/mol. The fourth-order valence-corrected chi connectivity index (χ4v) is 5.02. The van der Waals surface area contributed by atoms with E-state index in [4.69, 9.17) is 0 Å². The Morgan fingerprint density at radius 3 is 2.59 bits per heavy atom. The maximum absolute atomic E-state index is 13.4. The van der Waals surface area contributed by atoms with E-state index in [0.29, 0.717) is 6.42 Å². The van der Waals surface area contributed by atoms with Gasteiger partial charge in [-0.2, -0.15) is 5.10 Å². The lowest BCUT2D eigenvalue weighted by Gasteiger charge is -2.36. The Hall–Kier alpha value is -3.24. The van der Waals surface area contributed by atoms with E-state index in [9.17, 15) is 9.50 Å². The standard InChI is InChI=1S/C28H27FN2O/c1-18-8-9-20-6-4-5-7-24(20)27(18)26(32)16-28(3)15-21-17-30-31(25(21)14-19(28)2)23-12-10-22(29)11-13-23/h4-14,17,26,32H,15-16H2,1-3H3. The Balaban J connectivity index is 1.48. The molecule has 3 aromatic carbocycles. The van der Waals surface area contributed by atoms with E-state index in [0.717, 1.165) is 45.3 Å². The van der Waals surface area contributed by atoms with Gasteiger partial charge in [0.2, 0.25) is 0 Å². The van der Waals surface area contributed by atoms with Gasteiger partial charge in [0.05, 0.1) is 23.7 Å². The number of hydrogen-bond donors (Lipinski definition) is 1. The quantitative estimate of drug-likeness (QED) is 0.401. The van der Waals surface area contributed by atoms with Crippen LogP contribution in [0, 0.1) is 18.2 Å². The van der Waals surface area contributed by atoms with Crippen molar-refractivity contribution in [1.29, 1.82) is 0 Å². The average Bonchev–Trinajstić information content (AvgIpc) is 3.16. The number of benzene rings is 3. The van der Waals surface area contributed by atoms with E-state index in [1.54, 1.807) is 12.1 Å². The number of aromatic nitrogens is 2. The number of aliphatic hydroxyl groups excluding tert-OH is 1. The molecule has 162 valence electrons. The molecule has 2 atom stereocenters. The van der Waals surface area contributed by atoms with Crippen molar-refractivity contribution in [2.75, 3.05) is 0 Å². The molecule has 0 fully saturated rings. The third-order valence-corrected chi connectivity index (χ3v) is 7.01. The second-order valence-corrected chi connectivity index (χ2v) is 9.25. The molecule has 0 saturated carbocycles. The number of rotatable bonds is 4. The Morgan fingerprint density at radius 1 is 1.06 bits per heavy atom. The minimum absolute atomic E-state index is 0.188.